The highest BCUT2D eigenvalue weighted by Gasteiger charge is 2.23. The van der Waals surface area contributed by atoms with Crippen LogP contribution in [0.3, 0.4) is 0 Å². The summed E-state index contributed by atoms with van der Waals surface area (Å²) in [5.41, 5.74) is 11.1. The smallest absolute Gasteiger partial charge is 0.208 e. The number of hydrogen-bond acceptors (Lipinski definition) is 6. The summed E-state index contributed by atoms with van der Waals surface area (Å²) in [4.78, 5) is 4.17. The molecule has 1 aliphatic heterocycles. The number of rotatable bonds is 17. The molecule has 256 valence electrons. The summed E-state index contributed by atoms with van der Waals surface area (Å²) in [5, 5.41) is 18.6. The lowest BCUT2D eigenvalue weighted by Gasteiger charge is -2.20. The molecule has 48 heavy (non-hydrogen) atoms. The predicted octanol–water partition coefficient (Wildman–Crippen LogP) is 6.91. The molecule has 0 spiro atoms. The van der Waals surface area contributed by atoms with Crippen molar-refractivity contribution in [1.29, 1.82) is 0 Å². The van der Waals surface area contributed by atoms with E-state index in [0.29, 0.717) is 19.1 Å². The minimum atomic E-state index is 0.149. The lowest BCUT2D eigenvalue weighted by molar-refractivity contribution is -0.694. The first-order valence-corrected chi connectivity index (χ1v) is 19.4. The van der Waals surface area contributed by atoms with Gasteiger partial charge < -0.3 is 20.0 Å². The molecule has 0 bridgehead atoms. The molecule has 2 N–H and O–H groups in total. The first-order chi connectivity index (χ1) is 23.2. The van der Waals surface area contributed by atoms with Crippen molar-refractivity contribution in [2.45, 2.75) is 46.7 Å². The Hall–Kier alpha value is -3.30. The Morgan fingerprint density at radius 1 is 0.833 bits per heavy atom. The third kappa shape index (κ3) is 10.6. The molecule has 0 fully saturated rings. The summed E-state index contributed by atoms with van der Waals surface area (Å²) in [6.07, 6.45) is 14.6. The second-order valence-electron chi connectivity index (χ2n) is 12.6. The van der Waals surface area contributed by atoms with Gasteiger partial charge in [0.1, 0.15) is 0 Å². The van der Waals surface area contributed by atoms with Crippen molar-refractivity contribution in [1.82, 2.24) is 0 Å². The van der Waals surface area contributed by atoms with E-state index in [2.05, 4.69) is 138 Å². The Morgan fingerprint density at radius 2 is 1.44 bits per heavy atom. The number of aromatic nitrogens is 1. The summed E-state index contributed by atoms with van der Waals surface area (Å²) >= 11 is 0. The maximum Gasteiger partial charge on any atom is 0.208 e. The fourth-order valence-electron chi connectivity index (χ4n) is 6.05. The SMILES string of the molecule is C/C(=C\c1ccc(N(C)CCO)cc1C)c1cccc[n+]1CCSSCC[N+]1=CC=CCC1/C(C)=C/c1ccc(N(C)CCO)cc1C. The average Bonchev–Trinajstić information content (AvgIpc) is 3.08. The van der Waals surface area contributed by atoms with E-state index >= 15 is 0 Å². The zero-order chi connectivity index (χ0) is 34.5. The zero-order valence-electron chi connectivity index (χ0n) is 29.6. The Kier molecular flexibility index (Phi) is 14.9. The van der Waals surface area contributed by atoms with Gasteiger partial charge in [0.2, 0.25) is 5.69 Å². The van der Waals surface area contributed by atoms with Gasteiger partial charge in [-0.2, -0.15) is 4.57 Å². The maximum absolute atomic E-state index is 9.29. The van der Waals surface area contributed by atoms with Crippen molar-refractivity contribution in [3.63, 3.8) is 0 Å². The van der Waals surface area contributed by atoms with Crippen molar-refractivity contribution in [2.24, 2.45) is 0 Å². The summed E-state index contributed by atoms with van der Waals surface area (Å²) in [6, 6.07) is 19.9. The summed E-state index contributed by atoms with van der Waals surface area (Å²) < 4.78 is 4.86. The van der Waals surface area contributed by atoms with Crippen LogP contribution in [0.1, 0.15) is 48.2 Å². The summed E-state index contributed by atoms with van der Waals surface area (Å²) in [6.45, 7) is 12.3. The van der Waals surface area contributed by atoms with Crippen LogP contribution in [0.2, 0.25) is 0 Å². The monoisotopic (exact) mass is 686 g/mol. The number of likely N-dealkylation sites (N-methyl/N-ethyl adjacent to an activating group) is 2. The van der Waals surface area contributed by atoms with Crippen LogP contribution >= 0.6 is 21.6 Å². The van der Waals surface area contributed by atoms with E-state index in [4.69, 9.17) is 0 Å². The number of aliphatic hydroxyl groups is 2. The molecule has 0 saturated carbocycles. The van der Waals surface area contributed by atoms with Crippen molar-refractivity contribution in [3.8, 4) is 0 Å². The van der Waals surface area contributed by atoms with Gasteiger partial charge in [-0.3, -0.25) is 0 Å². The number of hydrogen-bond donors (Lipinski definition) is 2. The number of benzene rings is 2. The molecule has 2 heterocycles. The van der Waals surface area contributed by atoms with Gasteiger partial charge in [-0.25, -0.2) is 4.58 Å². The van der Waals surface area contributed by atoms with Gasteiger partial charge >= 0.3 is 0 Å². The van der Waals surface area contributed by atoms with Gasteiger partial charge in [0, 0.05) is 62.7 Å². The highest BCUT2D eigenvalue weighted by atomic mass is 33.1. The Morgan fingerprint density at radius 3 is 2.04 bits per heavy atom. The van der Waals surface area contributed by atoms with Crippen LogP contribution in [0.4, 0.5) is 11.4 Å². The number of aliphatic hydroxyl groups excluding tert-OH is 2. The molecule has 8 heteroatoms. The van der Waals surface area contributed by atoms with Crippen molar-refractivity contribution >= 4 is 56.9 Å². The first kappa shape index (κ1) is 37.5. The molecule has 0 amide bonds. The highest BCUT2D eigenvalue weighted by Crippen LogP contribution is 2.26. The third-order valence-electron chi connectivity index (χ3n) is 8.99. The van der Waals surface area contributed by atoms with Crippen LogP contribution in [0.25, 0.3) is 17.7 Å². The number of pyridine rings is 1. The number of allylic oxidation sites excluding steroid dienone is 2. The van der Waals surface area contributed by atoms with Crippen molar-refractivity contribution in [3.05, 3.63) is 106 Å². The molecule has 0 aliphatic carbocycles. The van der Waals surface area contributed by atoms with Crippen molar-refractivity contribution < 1.29 is 19.4 Å². The topological polar surface area (TPSA) is 53.8 Å². The molecule has 2 aromatic carbocycles. The number of anilines is 2. The van der Waals surface area contributed by atoms with Crippen LogP contribution in [-0.4, -0.2) is 85.5 Å². The minimum Gasteiger partial charge on any atom is -0.395 e. The van der Waals surface area contributed by atoms with Crippen LogP contribution in [-0.2, 0) is 6.54 Å². The van der Waals surface area contributed by atoms with Crippen molar-refractivity contribution in [2.75, 3.05) is 68.2 Å². The predicted molar refractivity (Wildman–Crippen MR) is 211 cm³/mol. The van der Waals surface area contributed by atoms with Gasteiger partial charge in [0.25, 0.3) is 0 Å². The largest absolute Gasteiger partial charge is 0.395 e. The van der Waals surface area contributed by atoms with E-state index in [-0.39, 0.29) is 13.2 Å². The molecular weight excluding hydrogens is 633 g/mol. The third-order valence-corrected chi connectivity index (χ3v) is 11.4. The van der Waals surface area contributed by atoms with E-state index in [1.807, 2.05) is 35.7 Å². The van der Waals surface area contributed by atoms with Gasteiger partial charge in [-0.1, -0.05) is 39.8 Å². The molecule has 1 aliphatic rings. The van der Waals surface area contributed by atoms with E-state index < -0.39 is 0 Å². The van der Waals surface area contributed by atoms with Crippen LogP contribution in [0.15, 0.2) is 78.5 Å². The molecular formula is C40H54N4O2S2+2. The zero-order valence-corrected chi connectivity index (χ0v) is 31.2. The molecule has 1 unspecified atom stereocenters. The summed E-state index contributed by atoms with van der Waals surface area (Å²) in [7, 11) is 7.95. The van der Waals surface area contributed by atoms with Gasteiger partial charge in [-0.15, -0.1) is 0 Å². The van der Waals surface area contributed by atoms with Gasteiger partial charge in [0.05, 0.1) is 24.7 Å². The number of nitrogens with zero attached hydrogens (tertiary/aromatic N) is 4. The normalized spacial score (nSPS) is 15.1. The molecule has 0 radical (unpaired) electrons. The average molecular weight is 687 g/mol. The van der Waals surface area contributed by atoms with E-state index in [1.54, 1.807) is 0 Å². The van der Waals surface area contributed by atoms with Gasteiger partial charge in [0.15, 0.2) is 31.5 Å². The Balaban J connectivity index is 1.29. The Bertz CT molecular complexity index is 1630. The van der Waals surface area contributed by atoms with Crippen LogP contribution < -0.4 is 14.4 Å². The fraction of sp³-hybridized carbons (Fsp3) is 0.400. The fourth-order valence-corrected chi connectivity index (χ4v) is 7.99. The quantitative estimate of drug-likeness (QED) is 0.0916. The Labute approximate surface area is 296 Å². The first-order valence-electron chi connectivity index (χ1n) is 16.9. The molecule has 1 atom stereocenters. The maximum atomic E-state index is 9.29. The molecule has 4 rings (SSSR count). The van der Waals surface area contributed by atoms with Crippen LogP contribution in [0, 0.1) is 13.8 Å². The highest BCUT2D eigenvalue weighted by molar-refractivity contribution is 8.76. The standard InChI is InChI=1S/C40H54N4O2S2/c1-31-29-37(41(5)19-23-45)15-13-35(31)27-33(3)39-11-7-9-17-43(39)21-25-47-48-26-22-44-18-10-8-12-40(44)34(4)28-36-14-16-38(30-32(36)2)42(6)20-24-46/h7-11,13-18,27-30,40,45-46H,12,19-26H2,1-6H3/q+2/b34-28+. The van der Waals surface area contributed by atoms with E-state index in [0.717, 1.165) is 42.4 Å². The van der Waals surface area contributed by atoms with Gasteiger partial charge in [-0.05, 0) is 104 Å². The molecule has 0 saturated heterocycles. The molecule has 6 nitrogen and oxygen atoms in total. The van der Waals surface area contributed by atoms with E-state index in [9.17, 15) is 10.2 Å². The van der Waals surface area contributed by atoms with Crippen LogP contribution in [0.5, 0.6) is 0 Å². The number of aryl methyl sites for hydroxylation is 3. The lowest BCUT2D eigenvalue weighted by Crippen LogP contribution is -2.38. The molecule has 1 aromatic heterocycles. The lowest BCUT2D eigenvalue weighted by atomic mass is 9.98. The second-order valence-corrected chi connectivity index (χ2v) is 15.3. The minimum absolute atomic E-state index is 0.149. The molecule has 3 aromatic rings. The second kappa shape index (κ2) is 19.0. The van der Waals surface area contributed by atoms with E-state index in [1.165, 1.54) is 39.1 Å². The summed E-state index contributed by atoms with van der Waals surface area (Å²) in [5.74, 6) is 2.11.